The Morgan fingerprint density at radius 1 is 1.50 bits per heavy atom. The zero-order valence-electron chi connectivity index (χ0n) is 11.4. The molecule has 0 spiro atoms. The lowest BCUT2D eigenvalue weighted by Crippen LogP contribution is -2.40. The monoisotopic (exact) mass is 294 g/mol. The summed E-state index contributed by atoms with van der Waals surface area (Å²) in [6.45, 7) is 1.33. The molecule has 5 nitrogen and oxygen atoms in total. The molecular weight excluding hydrogens is 276 g/mol. The van der Waals surface area contributed by atoms with E-state index >= 15 is 0 Å². The van der Waals surface area contributed by atoms with E-state index in [2.05, 4.69) is 0 Å². The van der Waals surface area contributed by atoms with Crippen molar-refractivity contribution in [3.63, 3.8) is 0 Å². The largest absolute Gasteiger partial charge is 0.484 e. The molecule has 1 aromatic carbocycles. The lowest BCUT2D eigenvalue weighted by Gasteiger charge is -2.23. The van der Waals surface area contributed by atoms with Crippen LogP contribution in [0.2, 0.25) is 0 Å². The van der Waals surface area contributed by atoms with Crippen molar-refractivity contribution < 1.29 is 14.3 Å². The number of thiocarbonyl (C=S) groups is 1. The summed E-state index contributed by atoms with van der Waals surface area (Å²) in [7, 11) is 1.78. The van der Waals surface area contributed by atoms with Gasteiger partial charge in [0.05, 0.1) is 12.6 Å². The molecular formula is C14H18N2O3S. The molecule has 2 rings (SSSR count). The molecule has 0 aromatic heterocycles. The molecule has 0 radical (unpaired) electrons. The van der Waals surface area contributed by atoms with E-state index in [1.165, 1.54) is 0 Å². The standard InChI is InChI=1S/C14H18N2O3S/c1-16(11-6-7-18-8-11)13(17)9-19-12-4-2-10(3-5-12)14(15)20/h2-5,11H,6-9H2,1H3,(H2,15,20). The third-order valence-corrected chi connectivity index (χ3v) is 3.58. The molecule has 1 heterocycles. The molecule has 0 saturated carbocycles. The smallest absolute Gasteiger partial charge is 0.260 e. The molecule has 1 aliphatic heterocycles. The number of benzene rings is 1. The van der Waals surface area contributed by atoms with Gasteiger partial charge < -0.3 is 20.1 Å². The minimum atomic E-state index is -0.0566. The Labute approximate surface area is 123 Å². The van der Waals surface area contributed by atoms with Gasteiger partial charge in [0, 0.05) is 19.2 Å². The van der Waals surface area contributed by atoms with Gasteiger partial charge in [0.25, 0.3) is 5.91 Å². The minimum Gasteiger partial charge on any atom is -0.484 e. The topological polar surface area (TPSA) is 64.8 Å². The lowest BCUT2D eigenvalue weighted by atomic mass is 10.2. The van der Waals surface area contributed by atoms with Gasteiger partial charge in [0.2, 0.25) is 0 Å². The molecule has 0 aliphatic carbocycles. The van der Waals surface area contributed by atoms with Crippen LogP contribution in [0.15, 0.2) is 24.3 Å². The third-order valence-electron chi connectivity index (χ3n) is 3.35. The van der Waals surface area contributed by atoms with Gasteiger partial charge in [-0.1, -0.05) is 12.2 Å². The molecule has 1 aromatic rings. The summed E-state index contributed by atoms with van der Waals surface area (Å²) in [6.07, 6.45) is 0.880. The molecule has 6 heteroatoms. The highest BCUT2D eigenvalue weighted by Crippen LogP contribution is 2.14. The number of hydrogen-bond acceptors (Lipinski definition) is 4. The van der Waals surface area contributed by atoms with Crippen LogP contribution in [-0.2, 0) is 9.53 Å². The number of ether oxygens (including phenoxy) is 2. The fourth-order valence-corrected chi connectivity index (χ4v) is 2.13. The van der Waals surface area contributed by atoms with Crippen molar-refractivity contribution in [2.24, 2.45) is 5.73 Å². The maximum atomic E-state index is 12.0. The summed E-state index contributed by atoms with van der Waals surface area (Å²) in [5.74, 6) is 0.563. The Balaban J connectivity index is 1.84. The van der Waals surface area contributed by atoms with Crippen LogP contribution < -0.4 is 10.5 Å². The molecule has 1 aliphatic rings. The van der Waals surface area contributed by atoms with E-state index in [1.54, 1.807) is 36.2 Å². The van der Waals surface area contributed by atoms with Gasteiger partial charge in [-0.15, -0.1) is 0 Å². The number of nitrogens with zero attached hydrogens (tertiary/aromatic N) is 1. The number of rotatable bonds is 5. The fourth-order valence-electron chi connectivity index (χ4n) is 1.99. The van der Waals surface area contributed by atoms with Gasteiger partial charge in [-0.2, -0.15) is 0 Å². The first-order valence-electron chi connectivity index (χ1n) is 6.44. The highest BCUT2D eigenvalue weighted by atomic mass is 32.1. The summed E-state index contributed by atoms with van der Waals surface area (Å²) < 4.78 is 10.7. The molecule has 108 valence electrons. The van der Waals surface area contributed by atoms with E-state index in [-0.39, 0.29) is 18.6 Å². The summed E-state index contributed by atoms with van der Waals surface area (Å²) in [5.41, 5.74) is 6.29. The first-order valence-corrected chi connectivity index (χ1v) is 6.85. The van der Waals surface area contributed by atoms with Crippen molar-refractivity contribution in [2.45, 2.75) is 12.5 Å². The number of hydrogen-bond donors (Lipinski definition) is 1. The normalized spacial score (nSPS) is 17.8. The Morgan fingerprint density at radius 2 is 2.20 bits per heavy atom. The predicted molar refractivity (Wildman–Crippen MR) is 79.8 cm³/mol. The summed E-state index contributed by atoms with van der Waals surface area (Å²) in [6, 6.07) is 7.21. The van der Waals surface area contributed by atoms with Crippen LogP contribution >= 0.6 is 12.2 Å². The first-order chi connectivity index (χ1) is 9.58. The van der Waals surface area contributed by atoms with E-state index in [1.807, 2.05) is 0 Å². The minimum absolute atomic E-state index is 0.0133. The quantitative estimate of drug-likeness (QED) is 0.819. The zero-order chi connectivity index (χ0) is 14.5. The van der Waals surface area contributed by atoms with Crippen LogP contribution in [0.25, 0.3) is 0 Å². The van der Waals surface area contributed by atoms with E-state index in [9.17, 15) is 4.79 Å². The highest BCUT2D eigenvalue weighted by molar-refractivity contribution is 7.80. The van der Waals surface area contributed by atoms with Crippen LogP contribution in [0.1, 0.15) is 12.0 Å². The number of carbonyl (C=O) groups excluding carboxylic acids is 1. The maximum Gasteiger partial charge on any atom is 0.260 e. The summed E-state index contributed by atoms with van der Waals surface area (Å²) >= 11 is 4.87. The highest BCUT2D eigenvalue weighted by Gasteiger charge is 2.24. The zero-order valence-corrected chi connectivity index (χ0v) is 12.2. The lowest BCUT2D eigenvalue weighted by molar-refractivity contribution is -0.134. The molecule has 20 heavy (non-hydrogen) atoms. The average Bonchev–Trinajstić information content (AvgIpc) is 2.98. The number of carbonyl (C=O) groups is 1. The van der Waals surface area contributed by atoms with E-state index in [4.69, 9.17) is 27.4 Å². The predicted octanol–water partition coefficient (Wildman–Crippen LogP) is 0.947. The second-order valence-electron chi connectivity index (χ2n) is 4.70. The third kappa shape index (κ3) is 3.68. The molecule has 1 saturated heterocycles. The van der Waals surface area contributed by atoms with E-state index in [0.29, 0.717) is 24.0 Å². The molecule has 1 unspecified atom stereocenters. The van der Waals surface area contributed by atoms with Crippen LogP contribution in [0.3, 0.4) is 0 Å². The van der Waals surface area contributed by atoms with Crippen molar-refractivity contribution in [3.8, 4) is 5.75 Å². The van der Waals surface area contributed by atoms with Crippen LogP contribution in [0.4, 0.5) is 0 Å². The van der Waals surface area contributed by atoms with Gasteiger partial charge >= 0.3 is 0 Å². The van der Waals surface area contributed by atoms with E-state index < -0.39 is 0 Å². The van der Waals surface area contributed by atoms with Gasteiger partial charge in [-0.3, -0.25) is 4.79 Å². The maximum absolute atomic E-state index is 12.0. The molecule has 0 bridgehead atoms. The van der Waals surface area contributed by atoms with Crippen LogP contribution in [0.5, 0.6) is 5.75 Å². The van der Waals surface area contributed by atoms with E-state index in [0.717, 1.165) is 12.0 Å². The molecule has 1 amide bonds. The second-order valence-corrected chi connectivity index (χ2v) is 5.14. The average molecular weight is 294 g/mol. The summed E-state index contributed by atoms with van der Waals surface area (Å²) in [4.78, 5) is 14.0. The molecule has 1 atom stereocenters. The Bertz CT molecular complexity index is 484. The van der Waals surface area contributed by atoms with Gasteiger partial charge in [-0.05, 0) is 30.7 Å². The number of amides is 1. The van der Waals surface area contributed by atoms with Gasteiger partial charge in [0.1, 0.15) is 10.7 Å². The van der Waals surface area contributed by atoms with Crippen molar-refractivity contribution in [3.05, 3.63) is 29.8 Å². The number of nitrogens with two attached hydrogens (primary N) is 1. The second kappa shape index (κ2) is 6.67. The SMILES string of the molecule is CN(C(=O)COc1ccc(C(N)=S)cc1)C1CCOC1. The van der Waals surface area contributed by atoms with Crippen molar-refractivity contribution in [2.75, 3.05) is 26.9 Å². The Kier molecular flexibility index (Phi) is 4.92. The van der Waals surface area contributed by atoms with Gasteiger partial charge in [-0.25, -0.2) is 0 Å². The molecule has 1 fully saturated rings. The Morgan fingerprint density at radius 3 is 2.75 bits per heavy atom. The first kappa shape index (κ1) is 14.7. The Hall–Kier alpha value is -1.66. The van der Waals surface area contributed by atoms with Crippen molar-refractivity contribution in [1.82, 2.24) is 4.90 Å². The molecule has 2 N–H and O–H groups in total. The van der Waals surface area contributed by atoms with Crippen molar-refractivity contribution >= 4 is 23.1 Å². The van der Waals surface area contributed by atoms with Gasteiger partial charge in [0.15, 0.2) is 6.61 Å². The van der Waals surface area contributed by atoms with Crippen molar-refractivity contribution in [1.29, 1.82) is 0 Å². The number of likely N-dealkylation sites (N-methyl/N-ethyl adjacent to an activating group) is 1. The fraction of sp³-hybridized carbons (Fsp3) is 0.429. The summed E-state index contributed by atoms with van der Waals surface area (Å²) in [5, 5.41) is 0. The van der Waals surface area contributed by atoms with Crippen LogP contribution in [0, 0.1) is 0 Å². The van der Waals surface area contributed by atoms with Crippen LogP contribution in [-0.4, -0.2) is 48.7 Å².